The summed E-state index contributed by atoms with van der Waals surface area (Å²) in [5.74, 6) is -0.453. The molecule has 20 heavy (non-hydrogen) atoms. The summed E-state index contributed by atoms with van der Waals surface area (Å²) in [6.07, 6.45) is 0. The first-order valence-electron chi connectivity index (χ1n) is 5.73. The molecule has 0 aromatic heterocycles. The maximum Gasteiger partial charge on any atom is 0.238 e. The Kier molecular flexibility index (Phi) is 3.65. The van der Waals surface area contributed by atoms with Crippen LogP contribution >= 0.6 is 0 Å². The number of hydrogen-bond acceptors (Lipinski definition) is 4. The van der Waals surface area contributed by atoms with Gasteiger partial charge in [-0.25, -0.2) is 17.9 Å². The van der Waals surface area contributed by atoms with E-state index in [-0.39, 0.29) is 16.3 Å². The number of para-hydroxylation sites is 1. The number of nitrogen functional groups attached to an aromatic ring is 1. The first-order valence-corrected chi connectivity index (χ1v) is 7.28. The molecular weight excluding hydrogens is 281 g/mol. The monoisotopic (exact) mass is 295 g/mol. The summed E-state index contributed by atoms with van der Waals surface area (Å²) in [6.45, 7) is 1.73. The number of hydrogen-bond donors (Lipinski definition) is 3. The van der Waals surface area contributed by atoms with Crippen LogP contribution in [0.4, 0.5) is 21.5 Å². The van der Waals surface area contributed by atoms with E-state index < -0.39 is 15.8 Å². The van der Waals surface area contributed by atoms with Gasteiger partial charge >= 0.3 is 0 Å². The average Bonchev–Trinajstić information content (AvgIpc) is 2.34. The van der Waals surface area contributed by atoms with Crippen LogP contribution in [0.3, 0.4) is 0 Å². The number of anilines is 3. The molecule has 0 fully saturated rings. The van der Waals surface area contributed by atoms with Crippen LogP contribution in [-0.4, -0.2) is 8.42 Å². The van der Waals surface area contributed by atoms with Crippen molar-refractivity contribution in [3.63, 3.8) is 0 Å². The van der Waals surface area contributed by atoms with Crippen molar-refractivity contribution in [1.82, 2.24) is 0 Å². The standard InChI is InChI=1S/C13H14FN3O2S/c1-8-3-2-4-10(14)13(8)17-12-7-9(20(16,18)19)5-6-11(12)15/h2-7,17H,15H2,1H3,(H2,16,18,19). The third kappa shape index (κ3) is 2.89. The predicted molar refractivity (Wildman–Crippen MR) is 76.6 cm³/mol. The van der Waals surface area contributed by atoms with Crippen molar-refractivity contribution in [2.75, 3.05) is 11.1 Å². The van der Waals surface area contributed by atoms with Crippen molar-refractivity contribution >= 4 is 27.1 Å². The van der Waals surface area contributed by atoms with E-state index in [1.807, 2.05) is 0 Å². The van der Waals surface area contributed by atoms with Gasteiger partial charge in [-0.3, -0.25) is 0 Å². The zero-order valence-corrected chi connectivity index (χ0v) is 11.5. The number of primary sulfonamides is 1. The Hall–Kier alpha value is -2.12. The van der Waals surface area contributed by atoms with Crippen LogP contribution in [0, 0.1) is 12.7 Å². The number of sulfonamides is 1. The summed E-state index contributed by atoms with van der Waals surface area (Å²) in [5, 5.41) is 7.86. The maximum absolute atomic E-state index is 13.8. The summed E-state index contributed by atoms with van der Waals surface area (Å²) in [5.41, 5.74) is 7.25. The van der Waals surface area contributed by atoms with Crippen LogP contribution in [-0.2, 0) is 10.0 Å². The first-order chi connectivity index (χ1) is 9.29. The number of nitrogens with two attached hydrogens (primary N) is 2. The number of nitrogens with one attached hydrogen (secondary N) is 1. The lowest BCUT2D eigenvalue weighted by Crippen LogP contribution is -2.12. The fraction of sp³-hybridized carbons (Fsp3) is 0.0769. The molecule has 0 aliphatic carbocycles. The number of halogens is 1. The predicted octanol–water partition coefficient (Wildman–Crippen LogP) is 2.11. The van der Waals surface area contributed by atoms with Crippen molar-refractivity contribution in [1.29, 1.82) is 0 Å². The van der Waals surface area contributed by atoms with Crippen LogP contribution in [0.1, 0.15) is 5.56 Å². The van der Waals surface area contributed by atoms with Crippen molar-refractivity contribution in [2.24, 2.45) is 5.14 Å². The van der Waals surface area contributed by atoms with Gasteiger partial charge in [0.1, 0.15) is 5.82 Å². The third-order valence-corrected chi connectivity index (χ3v) is 3.75. The second kappa shape index (κ2) is 5.10. The first kappa shape index (κ1) is 14.3. The molecule has 2 aromatic rings. The zero-order valence-electron chi connectivity index (χ0n) is 10.7. The fourth-order valence-corrected chi connectivity index (χ4v) is 2.29. The van der Waals surface area contributed by atoms with Gasteiger partial charge in [-0.1, -0.05) is 12.1 Å². The van der Waals surface area contributed by atoms with Crippen LogP contribution < -0.4 is 16.2 Å². The Labute approximate surface area is 116 Å². The van der Waals surface area contributed by atoms with E-state index in [0.717, 1.165) is 0 Å². The minimum absolute atomic E-state index is 0.0943. The molecule has 5 nitrogen and oxygen atoms in total. The highest BCUT2D eigenvalue weighted by Crippen LogP contribution is 2.29. The number of rotatable bonds is 3. The van der Waals surface area contributed by atoms with Crippen molar-refractivity contribution in [3.05, 3.63) is 47.8 Å². The van der Waals surface area contributed by atoms with Crippen molar-refractivity contribution in [2.45, 2.75) is 11.8 Å². The molecule has 0 amide bonds. The van der Waals surface area contributed by atoms with Gasteiger partial charge in [0, 0.05) is 0 Å². The topological polar surface area (TPSA) is 98.2 Å². The lowest BCUT2D eigenvalue weighted by atomic mass is 10.1. The van der Waals surface area contributed by atoms with Gasteiger partial charge in [0.15, 0.2) is 0 Å². The van der Waals surface area contributed by atoms with E-state index >= 15 is 0 Å². The molecule has 0 radical (unpaired) electrons. The Morgan fingerprint density at radius 1 is 1.20 bits per heavy atom. The molecule has 0 heterocycles. The third-order valence-electron chi connectivity index (χ3n) is 2.83. The van der Waals surface area contributed by atoms with E-state index in [1.54, 1.807) is 19.1 Å². The molecule has 7 heteroatoms. The molecule has 0 aliphatic rings. The Morgan fingerprint density at radius 3 is 2.50 bits per heavy atom. The fourth-order valence-electron chi connectivity index (χ4n) is 1.75. The Balaban J connectivity index is 2.49. The van der Waals surface area contributed by atoms with E-state index in [2.05, 4.69) is 5.32 Å². The summed E-state index contributed by atoms with van der Waals surface area (Å²) in [7, 11) is -3.84. The van der Waals surface area contributed by atoms with Gasteiger partial charge in [0.2, 0.25) is 10.0 Å². The molecule has 0 unspecified atom stereocenters. The quantitative estimate of drug-likeness (QED) is 0.755. The number of aryl methyl sites for hydroxylation is 1. The highest BCUT2D eigenvalue weighted by molar-refractivity contribution is 7.89. The highest BCUT2D eigenvalue weighted by Gasteiger charge is 2.12. The molecule has 0 saturated carbocycles. The van der Waals surface area contributed by atoms with Gasteiger partial charge < -0.3 is 11.1 Å². The minimum atomic E-state index is -3.84. The lowest BCUT2D eigenvalue weighted by Gasteiger charge is -2.13. The smallest absolute Gasteiger partial charge is 0.238 e. The van der Waals surface area contributed by atoms with Crippen LogP contribution in [0.25, 0.3) is 0 Å². The molecule has 106 valence electrons. The molecule has 2 aromatic carbocycles. The van der Waals surface area contributed by atoms with E-state index in [9.17, 15) is 12.8 Å². The van der Waals surface area contributed by atoms with E-state index in [4.69, 9.17) is 10.9 Å². The molecule has 0 atom stereocenters. The van der Waals surface area contributed by atoms with Gasteiger partial charge in [0.05, 0.1) is 22.0 Å². The summed E-state index contributed by atoms with van der Waals surface area (Å²) < 4.78 is 36.4. The average molecular weight is 295 g/mol. The summed E-state index contributed by atoms with van der Waals surface area (Å²) in [4.78, 5) is -0.0943. The molecule has 0 saturated heterocycles. The highest BCUT2D eigenvalue weighted by atomic mass is 32.2. The zero-order chi connectivity index (χ0) is 14.9. The molecule has 0 aliphatic heterocycles. The Morgan fingerprint density at radius 2 is 1.90 bits per heavy atom. The summed E-state index contributed by atoms with van der Waals surface area (Å²) in [6, 6.07) is 8.58. The van der Waals surface area contributed by atoms with Crippen molar-refractivity contribution < 1.29 is 12.8 Å². The van der Waals surface area contributed by atoms with Gasteiger partial charge in [0.25, 0.3) is 0 Å². The minimum Gasteiger partial charge on any atom is -0.397 e. The lowest BCUT2D eigenvalue weighted by molar-refractivity contribution is 0.598. The molecule has 0 spiro atoms. The van der Waals surface area contributed by atoms with Gasteiger partial charge in [-0.05, 0) is 36.8 Å². The van der Waals surface area contributed by atoms with Crippen molar-refractivity contribution in [3.8, 4) is 0 Å². The molecular formula is C13H14FN3O2S. The maximum atomic E-state index is 13.8. The van der Waals surface area contributed by atoms with Crippen LogP contribution in [0.2, 0.25) is 0 Å². The van der Waals surface area contributed by atoms with Crippen LogP contribution in [0.5, 0.6) is 0 Å². The normalized spacial score (nSPS) is 11.3. The van der Waals surface area contributed by atoms with Gasteiger partial charge in [-0.15, -0.1) is 0 Å². The molecule has 2 rings (SSSR count). The Bertz CT molecular complexity index is 740. The number of benzene rings is 2. The van der Waals surface area contributed by atoms with Crippen LogP contribution in [0.15, 0.2) is 41.3 Å². The van der Waals surface area contributed by atoms with Gasteiger partial charge in [-0.2, -0.15) is 0 Å². The molecule has 0 bridgehead atoms. The summed E-state index contributed by atoms with van der Waals surface area (Å²) >= 11 is 0. The largest absolute Gasteiger partial charge is 0.397 e. The second-order valence-corrected chi connectivity index (χ2v) is 5.91. The molecule has 5 N–H and O–H groups in total. The van der Waals surface area contributed by atoms with E-state index in [0.29, 0.717) is 11.3 Å². The van der Waals surface area contributed by atoms with E-state index in [1.165, 1.54) is 24.3 Å². The second-order valence-electron chi connectivity index (χ2n) is 4.35. The SMILES string of the molecule is Cc1cccc(F)c1Nc1cc(S(N)(=O)=O)ccc1N.